The van der Waals surface area contributed by atoms with Crippen LogP contribution in [0.5, 0.6) is 0 Å². The number of ether oxygens (including phenoxy) is 3. The molecular weight excluding hydrogens is 402 g/mol. The summed E-state index contributed by atoms with van der Waals surface area (Å²) in [7, 11) is 0. The quantitative estimate of drug-likeness (QED) is 0.506. The number of carbonyl (C=O) groups excluding carboxylic acids is 1. The normalized spacial score (nSPS) is 25.2. The molecule has 1 aliphatic rings. The fourth-order valence-corrected chi connectivity index (χ4v) is 5.08. The van der Waals surface area contributed by atoms with Gasteiger partial charge in [-0.05, 0) is 0 Å². The minimum atomic E-state index is -1.40. The molecule has 0 unspecified atom stereocenters. The Kier molecular flexibility index (Phi) is 6.80. The average molecular weight is 423 g/mol. The summed E-state index contributed by atoms with van der Waals surface area (Å²) in [6, 6.07) is 19.4. The molecule has 1 aliphatic heterocycles. The molecule has 26 heavy (non-hydrogen) atoms. The summed E-state index contributed by atoms with van der Waals surface area (Å²) in [4.78, 5) is 11.4. The first-order chi connectivity index (χ1) is 12.6. The van der Waals surface area contributed by atoms with Crippen molar-refractivity contribution in [2.45, 2.75) is 36.9 Å². The molecule has 1 saturated heterocycles. The zero-order chi connectivity index (χ0) is 18.4. The Balaban J connectivity index is 1.60. The molecule has 4 atom stereocenters. The fraction of sp³-hybridized carbons (Fsp3) is 0.350. The van der Waals surface area contributed by atoms with Crippen molar-refractivity contribution in [1.29, 1.82) is 0 Å². The molecule has 1 fully saturated rings. The molecule has 2 aromatic carbocycles. The number of esters is 1. The molecule has 0 spiro atoms. The van der Waals surface area contributed by atoms with Gasteiger partial charge in [-0.2, -0.15) is 0 Å². The van der Waals surface area contributed by atoms with Crippen LogP contribution in [0.1, 0.15) is 12.5 Å². The number of rotatable bonds is 7. The summed E-state index contributed by atoms with van der Waals surface area (Å²) in [5, 5.41) is -0.464. The molecule has 1 heterocycles. The third kappa shape index (κ3) is 5.15. The molecule has 6 heteroatoms. The number of hydrogen-bond donors (Lipinski definition) is 0. The zero-order valence-electron chi connectivity index (χ0n) is 14.4. The zero-order valence-corrected chi connectivity index (χ0v) is 16.1. The summed E-state index contributed by atoms with van der Waals surface area (Å²) >= 11 is -0.167. The summed E-state index contributed by atoms with van der Waals surface area (Å²) in [5.74, 6) is -0.499. The third-order valence-corrected chi connectivity index (χ3v) is 6.36. The first kappa shape index (κ1) is 19.1. The van der Waals surface area contributed by atoms with Crippen LogP contribution < -0.4 is 4.46 Å². The van der Waals surface area contributed by atoms with Gasteiger partial charge in [0, 0.05) is 0 Å². The Morgan fingerprint density at radius 2 is 1.77 bits per heavy atom. The van der Waals surface area contributed by atoms with Gasteiger partial charge in [0.25, 0.3) is 0 Å². The molecule has 0 aromatic heterocycles. The van der Waals surface area contributed by atoms with Gasteiger partial charge >= 0.3 is 159 Å². The van der Waals surface area contributed by atoms with Crippen molar-refractivity contribution in [3.05, 3.63) is 66.2 Å². The number of hydrogen-bond acceptors (Lipinski definition) is 4. The van der Waals surface area contributed by atoms with E-state index < -0.39 is 29.4 Å². The van der Waals surface area contributed by atoms with E-state index in [1.54, 1.807) is 0 Å². The van der Waals surface area contributed by atoms with E-state index in [1.807, 2.05) is 60.7 Å². The number of halogens is 1. The Hall–Kier alpha value is -1.72. The second-order valence-corrected chi connectivity index (χ2v) is 8.45. The molecule has 138 valence electrons. The van der Waals surface area contributed by atoms with E-state index in [1.165, 1.54) is 6.92 Å². The molecular formula is C20H21FO4Se. The van der Waals surface area contributed by atoms with Crippen molar-refractivity contribution in [1.82, 2.24) is 0 Å². The van der Waals surface area contributed by atoms with Gasteiger partial charge in [0.1, 0.15) is 0 Å². The van der Waals surface area contributed by atoms with Crippen LogP contribution in [0.3, 0.4) is 0 Å². The Morgan fingerprint density at radius 3 is 2.42 bits per heavy atom. The van der Waals surface area contributed by atoms with E-state index in [0.717, 1.165) is 10.0 Å². The first-order valence-corrected chi connectivity index (χ1v) is 10.3. The molecule has 4 nitrogen and oxygen atoms in total. The van der Waals surface area contributed by atoms with E-state index in [2.05, 4.69) is 0 Å². The molecule has 0 saturated carbocycles. The van der Waals surface area contributed by atoms with Crippen molar-refractivity contribution in [2.24, 2.45) is 0 Å². The second kappa shape index (κ2) is 9.28. The van der Waals surface area contributed by atoms with Crippen molar-refractivity contribution in [3.8, 4) is 0 Å². The fourth-order valence-electron chi connectivity index (χ4n) is 2.73. The molecule has 0 amide bonds. The topological polar surface area (TPSA) is 44.8 Å². The van der Waals surface area contributed by atoms with Crippen molar-refractivity contribution in [2.75, 3.05) is 6.61 Å². The van der Waals surface area contributed by atoms with Gasteiger partial charge in [-0.15, -0.1) is 0 Å². The van der Waals surface area contributed by atoms with E-state index in [4.69, 9.17) is 14.2 Å². The molecule has 3 rings (SSSR count). The molecule has 0 bridgehead atoms. The first-order valence-electron chi connectivity index (χ1n) is 8.43. The molecule has 0 radical (unpaired) electrons. The minimum absolute atomic E-state index is 0.120. The Labute approximate surface area is 158 Å². The predicted octanol–water partition coefficient (Wildman–Crippen LogP) is 2.23. The summed E-state index contributed by atoms with van der Waals surface area (Å²) in [6.45, 7) is 1.80. The van der Waals surface area contributed by atoms with Crippen LogP contribution >= 0.6 is 0 Å². The van der Waals surface area contributed by atoms with E-state index in [0.29, 0.717) is 6.61 Å². The SMILES string of the molecule is CC(=O)O[C@H]1[C@H](F)[C@@H](COCc2ccccc2)O[C@@H]1[Se]c1ccccc1. The monoisotopic (exact) mass is 424 g/mol. The maximum absolute atomic E-state index is 14.8. The predicted molar refractivity (Wildman–Crippen MR) is 97.0 cm³/mol. The Morgan fingerprint density at radius 1 is 1.12 bits per heavy atom. The van der Waals surface area contributed by atoms with Crippen LogP contribution in [0.25, 0.3) is 0 Å². The molecule has 0 aliphatic carbocycles. The van der Waals surface area contributed by atoms with E-state index in [-0.39, 0.29) is 21.6 Å². The van der Waals surface area contributed by atoms with Crippen molar-refractivity contribution in [3.63, 3.8) is 0 Å². The van der Waals surface area contributed by atoms with Crippen LogP contribution in [0.15, 0.2) is 60.7 Å². The van der Waals surface area contributed by atoms with Gasteiger partial charge in [-0.3, -0.25) is 0 Å². The third-order valence-electron chi connectivity index (χ3n) is 3.94. The standard InChI is InChI=1S/C20H21FO4Se/c1-14(22)24-19-18(21)17(13-23-12-15-8-4-2-5-9-15)25-20(19)26-16-10-6-3-7-11-16/h2-11,17-20H,12-13H2,1H3/t17-,18-,19+,20-/m1/s1. The maximum atomic E-state index is 14.8. The average Bonchev–Trinajstić information content (AvgIpc) is 2.92. The Bertz CT molecular complexity index is 697. The summed E-state index contributed by atoms with van der Waals surface area (Å²) in [6.07, 6.45) is -3.03. The number of alkyl halides is 1. The van der Waals surface area contributed by atoms with Crippen LogP contribution in [0.2, 0.25) is 0 Å². The van der Waals surface area contributed by atoms with Crippen LogP contribution in [0, 0.1) is 0 Å². The molecule has 0 N–H and O–H groups in total. The van der Waals surface area contributed by atoms with E-state index in [9.17, 15) is 9.18 Å². The van der Waals surface area contributed by atoms with Gasteiger partial charge in [0.05, 0.1) is 0 Å². The summed E-state index contributed by atoms with van der Waals surface area (Å²) in [5.41, 5.74) is 1.02. The number of benzene rings is 2. The van der Waals surface area contributed by atoms with Crippen LogP contribution in [-0.4, -0.2) is 50.9 Å². The van der Waals surface area contributed by atoms with Crippen LogP contribution in [0.4, 0.5) is 4.39 Å². The summed E-state index contributed by atoms with van der Waals surface area (Å²) < 4.78 is 32.6. The van der Waals surface area contributed by atoms with E-state index >= 15 is 0 Å². The van der Waals surface area contributed by atoms with Crippen LogP contribution in [-0.2, 0) is 25.6 Å². The second-order valence-electron chi connectivity index (χ2n) is 5.99. The van der Waals surface area contributed by atoms with Crippen molar-refractivity contribution >= 4 is 25.4 Å². The van der Waals surface area contributed by atoms with Gasteiger partial charge < -0.3 is 0 Å². The van der Waals surface area contributed by atoms with Gasteiger partial charge in [0.2, 0.25) is 0 Å². The van der Waals surface area contributed by atoms with Gasteiger partial charge in [-0.25, -0.2) is 0 Å². The van der Waals surface area contributed by atoms with Gasteiger partial charge in [0.15, 0.2) is 0 Å². The van der Waals surface area contributed by atoms with Crippen molar-refractivity contribution < 1.29 is 23.4 Å². The molecule has 2 aromatic rings. The number of carbonyl (C=O) groups is 1. The van der Waals surface area contributed by atoms with Gasteiger partial charge in [-0.1, -0.05) is 0 Å².